The summed E-state index contributed by atoms with van der Waals surface area (Å²) in [6.07, 6.45) is 3.57. The molecule has 0 bridgehead atoms. The molecule has 0 atom stereocenters. The van der Waals surface area contributed by atoms with Crippen molar-refractivity contribution in [2.24, 2.45) is 0 Å². The number of hydrogen-bond acceptors (Lipinski definition) is 3. The highest BCUT2D eigenvalue weighted by molar-refractivity contribution is 5.91. The molecule has 2 N–H and O–H groups in total. The second kappa shape index (κ2) is 6.17. The molecule has 0 spiro atoms. The highest BCUT2D eigenvalue weighted by Gasteiger charge is 2.38. The van der Waals surface area contributed by atoms with E-state index in [0.717, 1.165) is 31.5 Å². The van der Waals surface area contributed by atoms with E-state index in [1.807, 2.05) is 31.3 Å². The topological polar surface area (TPSA) is 50.4 Å². The Hall–Kier alpha value is -1.39. The number of carbonyl (C=O) groups excluding carboxylic acids is 1. The van der Waals surface area contributed by atoms with E-state index in [1.165, 1.54) is 5.56 Å². The van der Waals surface area contributed by atoms with Crippen molar-refractivity contribution in [2.45, 2.75) is 37.8 Å². The average molecular weight is 262 g/mol. The van der Waals surface area contributed by atoms with E-state index in [4.69, 9.17) is 4.74 Å². The number of anilines is 1. The lowest BCUT2D eigenvalue weighted by Gasteiger charge is -2.39. The molecule has 0 saturated heterocycles. The molecule has 1 aromatic rings. The Morgan fingerprint density at radius 2 is 2.00 bits per heavy atom. The molecule has 0 radical (unpaired) electrons. The van der Waals surface area contributed by atoms with Gasteiger partial charge in [0.25, 0.3) is 0 Å². The fourth-order valence-electron chi connectivity index (χ4n) is 2.43. The summed E-state index contributed by atoms with van der Waals surface area (Å²) in [4.78, 5) is 12.0. The van der Waals surface area contributed by atoms with Crippen LogP contribution in [0, 0.1) is 0 Å². The number of nitrogens with one attached hydrogen (secondary N) is 2. The minimum absolute atomic E-state index is 0.0305. The van der Waals surface area contributed by atoms with Crippen LogP contribution in [0.1, 0.15) is 31.2 Å². The van der Waals surface area contributed by atoms with Crippen LogP contribution in [0.4, 0.5) is 5.69 Å². The van der Waals surface area contributed by atoms with Gasteiger partial charge in [0, 0.05) is 19.3 Å². The molecular formula is C15H22N2O2. The van der Waals surface area contributed by atoms with Gasteiger partial charge in [0.05, 0.1) is 12.0 Å². The van der Waals surface area contributed by atoms with Crippen LogP contribution in [0.5, 0.6) is 0 Å². The van der Waals surface area contributed by atoms with Gasteiger partial charge in [-0.25, -0.2) is 0 Å². The van der Waals surface area contributed by atoms with Crippen LogP contribution in [-0.2, 0) is 16.1 Å². The van der Waals surface area contributed by atoms with Crippen molar-refractivity contribution in [3.8, 4) is 0 Å². The number of ether oxygens (including phenoxy) is 1. The highest BCUT2D eigenvalue weighted by atomic mass is 16.5. The first kappa shape index (κ1) is 14.0. The number of rotatable bonds is 6. The first-order valence-electron chi connectivity index (χ1n) is 6.76. The molecule has 2 rings (SSSR count). The van der Waals surface area contributed by atoms with E-state index >= 15 is 0 Å². The van der Waals surface area contributed by atoms with Crippen molar-refractivity contribution >= 4 is 11.6 Å². The van der Waals surface area contributed by atoms with Gasteiger partial charge in [-0.05, 0) is 44.0 Å². The molecule has 1 amide bonds. The molecule has 104 valence electrons. The van der Waals surface area contributed by atoms with Gasteiger partial charge in [-0.2, -0.15) is 0 Å². The Morgan fingerprint density at radius 1 is 1.32 bits per heavy atom. The SMILES string of the molecule is CNCc1ccc(NC(=O)CC2(OC)CCC2)cc1. The molecule has 4 nitrogen and oxygen atoms in total. The van der Waals surface area contributed by atoms with Gasteiger partial charge >= 0.3 is 0 Å². The van der Waals surface area contributed by atoms with Gasteiger partial charge in [-0.1, -0.05) is 12.1 Å². The Balaban J connectivity index is 1.88. The Labute approximate surface area is 114 Å². The molecule has 1 fully saturated rings. The quantitative estimate of drug-likeness (QED) is 0.827. The average Bonchev–Trinajstić information content (AvgIpc) is 2.37. The van der Waals surface area contributed by atoms with Gasteiger partial charge in [0.15, 0.2) is 0 Å². The van der Waals surface area contributed by atoms with E-state index in [1.54, 1.807) is 7.11 Å². The minimum atomic E-state index is -0.212. The first-order chi connectivity index (χ1) is 9.17. The number of methoxy groups -OCH3 is 1. The second-order valence-corrected chi connectivity index (χ2v) is 5.19. The normalized spacial score (nSPS) is 16.7. The summed E-state index contributed by atoms with van der Waals surface area (Å²) < 4.78 is 5.46. The smallest absolute Gasteiger partial charge is 0.227 e. The maximum Gasteiger partial charge on any atom is 0.227 e. The van der Waals surface area contributed by atoms with Crippen molar-refractivity contribution in [1.29, 1.82) is 0 Å². The van der Waals surface area contributed by atoms with Crippen LogP contribution in [0.2, 0.25) is 0 Å². The zero-order valence-electron chi connectivity index (χ0n) is 11.7. The summed E-state index contributed by atoms with van der Waals surface area (Å²) in [5, 5.41) is 6.02. The third kappa shape index (κ3) is 3.55. The van der Waals surface area contributed by atoms with Gasteiger partial charge in [0.1, 0.15) is 0 Å². The van der Waals surface area contributed by atoms with Crippen molar-refractivity contribution in [3.63, 3.8) is 0 Å². The molecule has 1 aliphatic carbocycles. The monoisotopic (exact) mass is 262 g/mol. The number of carbonyl (C=O) groups is 1. The molecule has 0 heterocycles. The summed E-state index contributed by atoms with van der Waals surface area (Å²) in [5.41, 5.74) is 1.83. The Kier molecular flexibility index (Phi) is 4.56. The van der Waals surface area contributed by atoms with Crippen LogP contribution in [0.25, 0.3) is 0 Å². The fourth-order valence-corrected chi connectivity index (χ4v) is 2.43. The fraction of sp³-hybridized carbons (Fsp3) is 0.533. The summed E-state index contributed by atoms with van der Waals surface area (Å²) in [6, 6.07) is 7.90. The van der Waals surface area contributed by atoms with E-state index in [9.17, 15) is 4.79 Å². The zero-order chi connectivity index (χ0) is 13.7. The summed E-state index contributed by atoms with van der Waals surface area (Å²) in [7, 11) is 3.61. The van der Waals surface area contributed by atoms with E-state index in [0.29, 0.717) is 6.42 Å². The molecule has 1 aliphatic rings. The predicted molar refractivity (Wildman–Crippen MR) is 76.0 cm³/mol. The molecular weight excluding hydrogens is 240 g/mol. The van der Waals surface area contributed by atoms with Crippen molar-refractivity contribution < 1.29 is 9.53 Å². The second-order valence-electron chi connectivity index (χ2n) is 5.19. The molecule has 0 aliphatic heterocycles. The third-order valence-corrected chi connectivity index (χ3v) is 3.80. The molecule has 1 saturated carbocycles. The third-order valence-electron chi connectivity index (χ3n) is 3.80. The summed E-state index contributed by atoms with van der Waals surface area (Å²) in [6.45, 7) is 0.834. The van der Waals surface area contributed by atoms with Crippen molar-refractivity contribution in [3.05, 3.63) is 29.8 Å². The number of hydrogen-bond donors (Lipinski definition) is 2. The number of benzene rings is 1. The van der Waals surface area contributed by atoms with Crippen LogP contribution in [0.3, 0.4) is 0 Å². The van der Waals surface area contributed by atoms with E-state index in [-0.39, 0.29) is 11.5 Å². The maximum atomic E-state index is 12.0. The van der Waals surface area contributed by atoms with Gasteiger partial charge in [-0.15, -0.1) is 0 Å². The van der Waals surface area contributed by atoms with E-state index < -0.39 is 0 Å². The van der Waals surface area contributed by atoms with Gasteiger partial charge < -0.3 is 15.4 Å². The predicted octanol–water partition coefficient (Wildman–Crippen LogP) is 2.30. The molecule has 1 aromatic carbocycles. The van der Waals surface area contributed by atoms with Gasteiger partial charge in [-0.3, -0.25) is 4.79 Å². The molecule has 0 aromatic heterocycles. The summed E-state index contributed by atoms with van der Waals surface area (Å²) >= 11 is 0. The standard InChI is InChI=1S/C15H22N2O2/c1-16-11-12-4-6-13(7-5-12)17-14(18)10-15(19-2)8-3-9-15/h4-7,16H,3,8-11H2,1-2H3,(H,17,18). The van der Waals surface area contributed by atoms with E-state index in [2.05, 4.69) is 10.6 Å². The molecule has 4 heteroatoms. The van der Waals surface area contributed by atoms with Crippen LogP contribution >= 0.6 is 0 Å². The Bertz CT molecular complexity index is 419. The lowest BCUT2D eigenvalue weighted by molar-refractivity contribution is -0.129. The summed E-state index contributed by atoms with van der Waals surface area (Å²) in [5.74, 6) is 0.0305. The van der Waals surface area contributed by atoms with Gasteiger partial charge in [0.2, 0.25) is 5.91 Å². The first-order valence-corrected chi connectivity index (χ1v) is 6.76. The van der Waals surface area contributed by atoms with Crippen LogP contribution in [-0.4, -0.2) is 25.7 Å². The molecule has 19 heavy (non-hydrogen) atoms. The molecule has 0 unspecified atom stereocenters. The lowest BCUT2D eigenvalue weighted by Crippen LogP contribution is -2.42. The van der Waals surface area contributed by atoms with Crippen molar-refractivity contribution in [1.82, 2.24) is 5.32 Å². The Morgan fingerprint density at radius 3 is 2.47 bits per heavy atom. The lowest BCUT2D eigenvalue weighted by atomic mass is 9.77. The van der Waals surface area contributed by atoms with Crippen LogP contribution < -0.4 is 10.6 Å². The van der Waals surface area contributed by atoms with Crippen molar-refractivity contribution in [2.75, 3.05) is 19.5 Å². The van der Waals surface area contributed by atoms with Crippen LogP contribution in [0.15, 0.2) is 24.3 Å². The minimum Gasteiger partial charge on any atom is -0.378 e. The highest BCUT2D eigenvalue weighted by Crippen LogP contribution is 2.38. The largest absolute Gasteiger partial charge is 0.378 e. The number of amides is 1. The zero-order valence-corrected chi connectivity index (χ0v) is 11.7. The maximum absolute atomic E-state index is 12.0.